The number of alkyl halides is 3. The van der Waals surface area contributed by atoms with Crippen LogP contribution in [0.3, 0.4) is 0 Å². The quantitative estimate of drug-likeness (QED) is 0.528. The van der Waals surface area contributed by atoms with Gasteiger partial charge in [-0.3, -0.25) is 4.79 Å². The normalized spacial score (nSPS) is 31.0. The summed E-state index contributed by atoms with van der Waals surface area (Å²) in [7, 11) is 0. The molecule has 0 spiro atoms. The molecule has 3 aliphatic carbocycles. The SMILES string of the molecule is Cc1c(C2CCCCC2)cc(C2CCC(C(F)(F)F)CC2)n1C1CCCC(C(=O)O)C1. The Labute approximate surface area is 183 Å². The zero-order valence-corrected chi connectivity index (χ0v) is 18.6. The minimum absolute atomic E-state index is 0.153. The standard InChI is InChI=1S/C25H36F3NO2/c1-16-22(17-6-3-2-4-7-17)15-23(18-10-12-20(13-11-18)25(26,27)28)29(16)21-9-5-8-19(14-21)24(30)31/h15,17-21H,2-14H2,1H3,(H,30,31). The maximum Gasteiger partial charge on any atom is 0.391 e. The molecule has 1 heterocycles. The summed E-state index contributed by atoms with van der Waals surface area (Å²) in [5, 5.41) is 9.59. The van der Waals surface area contributed by atoms with Crippen LogP contribution in [-0.2, 0) is 4.79 Å². The van der Waals surface area contributed by atoms with Crippen molar-refractivity contribution in [1.82, 2.24) is 4.57 Å². The summed E-state index contributed by atoms with van der Waals surface area (Å²) in [5.74, 6) is -1.50. The average Bonchev–Trinajstić information content (AvgIpc) is 3.11. The van der Waals surface area contributed by atoms with Crippen molar-refractivity contribution in [1.29, 1.82) is 0 Å². The number of aliphatic carboxylic acids is 1. The van der Waals surface area contributed by atoms with Crippen molar-refractivity contribution in [2.45, 2.75) is 114 Å². The van der Waals surface area contributed by atoms with Gasteiger partial charge < -0.3 is 9.67 Å². The fourth-order valence-electron chi connectivity index (χ4n) is 6.63. The lowest BCUT2D eigenvalue weighted by atomic mass is 9.79. The molecule has 0 aliphatic heterocycles. The molecule has 1 N–H and O–H groups in total. The fourth-order valence-corrected chi connectivity index (χ4v) is 6.63. The molecule has 2 unspecified atom stereocenters. The summed E-state index contributed by atoms with van der Waals surface area (Å²) in [4.78, 5) is 11.7. The minimum Gasteiger partial charge on any atom is -0.481 e. The Morgan fingerprint density at radius 1 is 0.935 bits per heavy atom. The van der Waals surface area contributed by atoms with Gasteiger partial charge in [-0.2, -0.15) is 13.2 Å². The van der Waals surface area contributed by atoms with Gasteiger partial charge in [0.1, 0.15) is 0 Å². The predicted molar refractivity (Wildman–Crippen MR) is 114 cm³/mol. The summed E-state index contributed by atoms with van der Waals surface area (Å²) in [6, 6.07) is 2.47. The monoisotopic (exact) mass is 439 g/mol. The zero-order valence-electron chi connectivity index (χ0n) is 18.6. The third-order valence-electron chi connectivity index (χ3n) is 8.37. The topological polar surface area (TPSA) is 42.2 Å². The van der Waals surface area contributed by atoms with Crippen molar-refractivity contribution in [3.05, 3.63) is 23.0 Å². The lowest BCUT2D eigenvalue weighted by Gasteiger charge is -2.35. The Hall–Kier alpha value is -1.46. The molecule has 3 saturated carbocycles. The van der Waals surface area contributed by atoms with Gasteiger partial charge in [-0.05, 0) is 88.2 Å². The number of hydrogen-bond donors (Lipinski definition) is 1. The van der Waals surface area contributed by atoms with Gasteiger partial charge in [0.25, 0.3) is 0 Å². The van der Waals surface area contributed by atoms with E-state index in [4.69, 9.17) is 0 Å². The van der Waals surface area contributed by atoms with E-state index < -0.39 is 18.1 Å². The molecule has 3 aliphatic rings. The van der Waals surface area contributed by atoms with Gasteiger partial charge in [0, 0.05) is 17.4 Å². The van der Waals surface area contributed by atoms with Crippen LogP contribution in [0.2, 0.25) is 0 Å². The first-order valence-corrected chi connectivity index (χ1v) is 12.3. The number of carboxylic acids is 1. The second-order valence-corrected chi connectivity index (χ2v) is 10.3. The Balaban J connectivity index is 1.64. The van der Waals surface area contributed by atoms with Gasteiger partial charge in [0.2, 0.25) is 0 Å². The molecule has 0 radical (unpaired) electrons. The summed E-state index contributed by atoms with van der Waals surface area (Å²) in [6.45, 7) is 2.17. The third-order valence-corrected chi connectivity index (χ3v) is 8.37. The van der Waals surface area contributed by atoms with E-state index in [-0.39, 0.29) is 30.7 Å². The molecule has 4 rings (SSSR count). The molecule has 3 nitrogen and oxygen atoms in total. The van der Waals surface area contributed by atoms with E-state index in [1.165, 1.54) is 49.1 Å². The van der Waals surface area contributed by atoms with E-state index in [0.717, 1.165) is 19.3 Å². The van der Waals surface area contributed by atoms with Gasteiger partial charge in [0.05, 0.1) is 11.8 Å². The van der Waals surface area contributed by atoms with Gasteiger partial charge in [-0.15, -0.1) is 0 Å². The van der Waals surface area contributed by atoms with Crippen LogP contribution in [0.15, 0.2) is 6.07 Å². The highest BCUT2D eigenvalue weighted by molar-refractivity contribution is 5.70. The Kier molecular flexibility index (Phi) is 6.73. The molecule has 31 heavy (non-hydrogen) atoms. The van der Waals surface area contributed by atoms with Crippen LogP contribution in [-0.4, -0.2) is 21.8 Å². The molecule has 1 aromatic rings. The van der Waals surface area contributed by atoms with Crippen LogP contribution in [0, 0.1) is 18.8 Å². The van der Waals surface area contributed by atoms with E-state index >= 15 is 0 Å². The van der Waals surface area contributed by atoms with Crippen molar-refractivity contribution in [2.75, 3.05) is 0 Å². The summed E-state index contributed by atoms with van der Waals surface area (Å²) >= 11 is 0. The zero-order chi connectivity index (χ0) is 22.2. The van der Waals surface area contributed by atoms with Crippen LogP contribution in [0.1, 0.15) is 118 Å². The molecule has 3 fully saturated rings. The second-order valence-electron chi connectivity index (χ2n) is 10.3. The predicted octanol–water partition coefficient (Wildman–Crippen LogP) is 7.50. The second kappa shape index (κ2) is 9.19. The van der Waals surface area contributed by atoms with Gasteiger partial charge in [-0.1, -0.05) is 25.7 Å². The first-order chi connectivity index (χ1) is 14.8. The highest BCUT2D eigenvalue weighted by atomic mass is 19.4. The van der Waals surface area contributed by atoms with E-state index in [2.05, 4.69) is 17.6 Å². The lowest BCUT2D eigenvalue weighted by Crippen LogP contribution is -2.29. The summed E-state index contributed by atoms with van der Waals surface area (Å²) in [5.41, 5.74) is 3.82. The molecule has 0 amide bonds. The number of halogens is 3. The Bertz CT molecular complexity index is 770. The summed E-state index contributed by atoms with van der Waals surface area (Å²) in [6.07, 6.45) is 6.86. The Morgan fingerprint density at radius 3 is 2.23 bits per heavy atom. The maximum absolute atomic E-state index is 13.2. The number of nitrogens with zero attached hydrogens (tertiary/aromatic N) is 1. The fraction of sp³-hybridized carbons (Fsp3) is 0.800. The van der Waals surface area contributed by atoms with E-state index in [1.54, 1.807) is 0 Å². The molecular weight excluding hydrogens is 403 g/mol. The number of hydrogen-bond acceptors (Lipinski definition) is 1. The Morgan fingerprint density at radius 2 is 1.61 bits per heavy atom. The summed E-state index contributed by atoms with van der Waals surface area (Å²) < 4.78 is 42.0. The minimum atomic E-state index is -4.09. The molecule has 0 bridgehead atoms. The van der Waals surface area contributed by atoms with E-state index in [1.807, 2.05) is 0 Å². The first kappa shape index (κ1) is 22.7. The smallest absolute Gasteiger partial charge is 0.391 e. The van der Waals surface area contributed by atoms with Gasteiger partial charge >= 0.3 is 12.1 Å². The van der Waals surface area contributed by atoms with Crippen molar-refractivity contribution in [2.24, 2.45) is 11.8 Å². The number of aromatic nitrogens is 1. The number of carbonyl (C=O) groups is 1. The first-order valence-electron chi connectivity index (χ1n) is 12.3. The third kappa shape index (κ3) is 4.83. The highest BCUT2D eigenvalue weighted by Gasteiger charge is 2.42. The average molecular weight is 440 g/mol. The largest absolute Gasteiger partial charge is 0.481 e. The van der Waals surface area contributed by atoms with Gasteiger partial charge in [0.15, 0.2) is 0 Å². The molecule has 0 aromatic carbocycles. The van der Waals surface area contributed by atoms with Crippen molar-refractivity contribution >= 4 is 5.97 Å². The number of rotatable bonds is 4. The molecule has 174 valence electrons. The van der Waals surface area contributed by atoms with Crippen LogP contribution < -0.4 is 0 Å². The molecule has 2 atom stereocenters. The van der Waals surface area contributed by atoms with Crippen LogP contribution in [0.25, 0.3) is 0 Å². The van der Waals surface area contributed by atoms with E-state index in [0.29, 0.717) is 25.2 Å². The lowest BCUT2D eigenvalue weighted by molar-refractivity contribution is -0.182. The van der Waals surface area contributed by atoms with Crippen LogP contribution in [0.5, 0.6) is 0 Å². The van der Waals surface area contributed by atoms with Crippen LogP contribution in [0.4, 0.5) is 13.2 Å². The molecular formula is C25H36F3NO2. The number of carboxylic acid groups (broad SMARTS) is 1. The van der Waals surface area contributed by atoms with Crippen molar-refractivity contribution in [3.63, 3.8) is 0 Å². The van der Waals surface area contributed by atoms with Crippen molar-refractivity contribution in [3.8, 4) is 0 Å². The van der Waals surface area contributed by atoms with E-state index in [9.17, 15) is 23.1 Å². The van der Waals surface area contributed by atoms with Gasteiger partial charge in [-0.25, -0.2) is 0 Å². The van der Waals surface area contributed by atoms with Crippen LogP contribution >= 0.6 is 0 Å². The molecule has 0 saturated heterocycles. The molecule has 6 heteroatoms. The highest BCUT2D eigenvalue weighted by Crippen LogP contribution is 2.47. The maximum atomic E-state index is 13.2. The van der Waals surface area contributed by atoms with Crippen molar-refractivity contribution < 1.29 is 23.1 Å². The molecule has 1 aromatic heterocycles.